The molecule has 5 heteroatoms. The van der Waals surface area contributed by atoms with Crippen LogP contribution in [0.15, 0.2) is 12.2 Å². The van der Waals surface area contributed by atoms with Crippen LogP contribution in [0.3, 0.4) is 0 Å². The number of fused-ring (bicyclic) bond motifs is 1. The SMILES string of the molecule is CCCCC[C@H](O)C=C[C@H]1OC(OC)C[C@@H]2OC(=O)C[C@@H]21. The number of carbonyl (C=O) groups excluding carboxylic acids is 1. The molecule has 0 bridgehead atoms. The number of hydrogen-bond donors (Lipinski definition) is 1. The first-order valence-corrected chi connectivity index (χ1v) is 7.88. The van der Waals surface area contributed by atoms with Crippen molar-refractivity contribution >= 4 is 5.97 Å². The molecule has 2 heterocycles. The zero-order valence-electron chi connectivity index (χ0n) is 12.9. The van der Waals surface area contributed by atoms with Crippen molar-refractivity contribution in [3.63, 3.8) is 0 Å². The van der Waals surface area contributed by atoms with Gasteiger partial charge in [0.2, 0.25) is 0 Å². The Morgan fingerprint density at radius 3 is 3.00 bits per heavy atom. The molecule has 0 saturated carbocycles. The molecule has 120 valence electrons. The number of aliphatic hydroxyl groups excluding tert-OH is 1. The zero-order valence-corrected chi connectivity index (χ0v) is 12.9. The number of rotatable bonds is 7. The van der Waals surface area contributed by atoms with E-state index in [9.17, 15) is 9.90 Å². The fraction of sp³-hybridized carbons (Fsp3) is 0.812. The monoisotopic (exact) mass is 298 g/mol. The van der Waals surface area contributed by atoms with Crippen LogP contribution >= 0.6 is 0 Å². The third kappa shape index (κ3) is 4.53. The number of unbranched alkanes of at least 4 members (excludes halogenated alkanes) is 2. The van der Waals surface area contributed by atoms with Crippen LogP contribution in [0.4, 0.5) is 0 Å². The van der Waals surface area contributed by atoms with Gasteiger partial charge in [-0.1, -0.05) is 38.3 Å². The number of esters is 1. The van der Waals surface area contributed by atoms with Crippen molar-refractivity contribution in [3.05, 3.63) is 12.2 Å². The highest BCUT2D eigenvalue weighted by Crippen LogP contribution is 2.36. The molecule has 1 unspecified atom stereocenters. The van der Waals surface area contributed by atoms with E-state index in [0.29, 0.717) is 12.8 Å². The van der Waals surface area contributed by atoms with Crippen molar-refractivity contribution in [2.24, 2.45) is 5.92 Å². The minimum absolute atomic E-state index is 0.0305. The van der Waals surface area contributed by atoms with Gasteiger partial charge in [0.1, 0.15) is 6.10 Å². The first-order chi connectivity index (χ1) is 10.1. The summed E-state index contributed by atoms with van der Waals surface area (Å²) >= 11 is 0. The molecule has 1 N–H and O–H groups in total. The number of ether oxygens (including phenoxy) is 3. The maximum Gasteiger partial charge on any atom is 0.306 e. The summed E-state index contributed by atoms with van der Waals surface area (Å²) in [5.74, 6) is -0.143. The average molecular weight is 298 g/mol. The molecule has 2 saturated heterocycles. The lowest BCUT2D eigenvalue weighted by Crippen LogP contribution is -2.42. The lowest BCUT2D eigenvalue weighted by Gasteiger charge is -2.35. The molecule has 2 aliphatic heterocycles. The summed E-state index contributed by atoms with van der Waals surface area (Å²) in [6.45, 7) is 2.14. The van der Waals surface area contributed by atoms with Crippen LogP contribution in [0.2, 0.25) is 0 Å². The maximum atomic E-state index is 11.5. The van der Waals surface area contributed by atoms with Crippen LogP contribution < -0.4 is 0 Å². The lowest BCUT2D eigenvalue weighted by atomic mass is 9.89. The van der Waals surface area contributed by atoms with Crippen LogP contribution in [0.25, 0.3) is 0 Å². The van der Waals surface area contributed by atoms with E-state index in [1.165, 1.54) is 0 Å². The summed E-state index contributed by atoms with van der Waals surface area (Å²) in [5, 5.41) is 9.95. The Labute approximate surface area is 126 Å². The Balaban J connectivity index is 1.91. The van der Waals surface area contributed by atoms with E-state index in [1.807, 2.05) is 6.08 Å². The van der Waals surface area contributed by atoms with Gasteiger partial charge in [0, 0.05) is 19.4 Å². The maximum absolute atomic E-state index is 11.5. The van der Waals surface area contributed by atoms with Crippen molar-refractivity contribution in [2.45, 2.75) is 70.1 Å². The molecule has 2 rings (SSSR count). The quantitative estimate of drug-likeness (QED) is 0.443. The second-order valence-electron chi connectivity index (χ2n) is 5.85. The molecule has 0 aromatic heterocycles. The lowest BCUT2D eigenvalue weighted by molar-refractivity contribution is -0.205. The zero-order chi connectivity index (χ0) is 15.2. The van der Waals surface area contributed by atoms with Gasteiger partial charge in [-0.3, -0.25) is 4.79 Å². The molecule has 5 nitrogen and oxygen atoms in total. The standard InChI is InChI=1S/C16H26O5/c1-3-4-5-6-11(17)7-8-13-12-9-15(18)20-14(12)10-16(19-2)21-13/h7-8,11-14,16-17H,3-6,9-10H2,1-2H3/t11-,12+,13+,14-,16?/m0/s1. The Bertz CT molecular complexity index is 368. The van der Waals surface area contributed by atoms with Gasteiger partial charge in [0.05, 0.1) is 18.6 Å². The second-order valence-corrected chi connectivity index (χ2v) is 5.85. The van der Waals surface area contributed by atoms with Crippen LogP contribution in [-0.4, -0.2) is 42.8 Å². The summed E-state index contributed by atoms with van der Waals surface area (Å²) in [7, 11) is 1.59. The van der Waals surface area contributed by atoms with Gasteiger partial charge in [0.25, 0.3) is 0 Å². The molecule has 0 amide bonds. The van der Waals surface area contributed by atoms with E-state index in [-0.39, 0.29) is 30.4 Å². The minimum Gasteiger partial charge on any atom is -0.462 e. The van der Waals surface area contributed by atoms with Crippen molar-refractivity contribution in [3.8, 4) is 0 Å². The van der Waals surface area contributed by atoms with Gasteiger partial charge in [0.15, 0.2) is 6.29 Å². The molecule has 0 aromatic carbocycles. The van der Waals surface area contributed by atoms with Gasteiger partial charge in [-0.15, -0.1) is 0 Å². The summed E-state index contributed by atoms with van der Waals surface area (Å²) in [5.41, 5.74) is 0. The molecule has 0 radical (unpaired) electrons. The summed E-state index contributed by atoms with van der Waals surface area (Å²) in [4.78, 5) is 11.5. The average Bonchev–Trinajstić information content (AvgIpc) is 2.85. The normalized spacial score (nSPS) is 34.0. The Hall–Kier alpha value is -0.910. The molecule has 21 heavy (non-hydrogen) atoms. The van der Waals surface area contributed by atoms with Crippen LogP contribution in [0.5, 0.6) is 0 Å². The molecular weight excluding hydrogens is 272 g/mol. The predicted molar refractivity (Wildman–Crippen MR) is 77.6 cm³/mol. The Kier molecular flexibility index (Phi) is 6.21. The number of hydrogen-bond acceptors (Lipinski definition) is 5. The topological polar surface area (TPSA) is 65.0 Å². The van der Waals surface area contributed by atoms with E-state index < -0.39 is 6.10 Å². The molecule has 5 atom stereocenters. The molecule has 0 aromatic rings. The smallest absolute Gasteiger partial charge is 0.306 e. The van der Waals surface area contributed by atoms with Crippen molar-refractivity contribution < 1.29 is 24.1 Å². The van der Waals surface area contributed by atoms with Crippen LogP contribution in [0, 0.1) is 5.92 Å². The van der Waals surface area contributed by atoms with Crippen LogP contribution in [0.1, 0.15) is 45.4 Å². The number of carbonyl (C=O) groups is 1. The van der Waals surface area contributed by atoms with Crippen LogP contribution in [-0.2, 0) is 19.0 Å². The van der Waals surface area contributed by atoms with E-state index in [2.05, 4.69) is 6.92 Å². The largest absolute Gasteiger partial charge is 0.462 e. The molecule has 2 aliphatic rings. The third-order valence-corrected chi connectivity index (χ3v) is 4.21. The predicted octanol–water partition coefficient (Wildman–Crippen LogP) is 2.18. The molecule has 2 fully saturated rings. The fourth-order valence-corrected chi connectivity index (χ4v) is 2.98. The summed E-state index contributed by atoms with van der Waals surface area (Å²) in [6.07, 6.45) is 7.45. The van der Waals surface area contributed by atoms with Crippen molar-refractivity contribution in [1.29, 1.82) is 0 Å². The summed E-state index contributed by atoms with van der Waals surface area (Å²) < 4.78 is 16.4. The molecule has 0 aliphatic carbocycles. The van der Waals surface area contributed by atoms with Gasteiger partial charge in [-0.25, -0.2) is 0 Å². The highest BCUT2D eigenvalue weighted by Gasteiger charge is 2.45. The third-order valence-electron chi connectivity index (χ3n) is 4.21. The van der Waals surface area contributed by atoms with E-state index in [4.69, 9.17) is 14.2 Å². The van der Waals surface area contributed by atoms with Gasteiger partial charge in [-0.05, 0) is 6.42 Å². The first kappa shape index (κ1) is 16.5. The van der Waals surface area contributed by atoms with Crippen molar-refractivity contribution in [2.75, 3.05) is 7.11 Å². The summed E-state index contributed by atoms with van der Waals surface area (Å²) in [6, 6.07) is 0. The highest BCUT2D eigenvalue weighted by molar-refractivity contribution is 5.72. The van der Waals surface area contributed by atoms with E-state index in [1.54, 1.807) is 13.2 Å². The minimum atomic E-state index is -0.459. The second kappa shape index (κ2) is 7.92. The Morgan fingerprint density at radius 1 is 1.48 bits per heavy atom. The highest BCUT2D eigenvalue weighted by atomic mass is 16.7. The van der Waals surface area contributed by atoms with Crippen molar-refractivity contribution in [1.82, 2.24) is 0 Å². The number of aliphatic hydroxyl groups is 1. The van der Waals surface area contributed by atoms with Gasteiger partial charge < -0.3 is 19.3 Å². The van der Waals surface area contributed by atoms with E-state index >= 15 is 0 Å². The number of methoxy groups -OCH3 is 1. The fourth-order valence-electron chi connectivity index (χ4n) is 2.98. The molecular formula is C16H26O5. The van der Waals surface area contributed by atoms with Gasteiger partial charge in [-0.2, -0.15) is 0 Å². The van der Waals surface area contributed by atoms with Gasteiger partial charge >= 0.3 is 5.97 Å². The Morgan fingerprint density at radius 2 is 2.29 bits per heavy atom. The van der Waals surface area contributed by atoms with E-state index in [0.717, 1.165) is 25.7 Å². The first-order valence-electron chi connectivity index (χ1n) is 7.88. The molecule has 0 spiro atoms.